The molecule has 0 aliphatic heterocycles. The van der Waals surface area contributed by atoms with Gasteiger partial charge in [-0.1, -0.05) is 38.5 Å². The molecule has 0 aliphatic rings. The quantitative estimate of drug-likeness (QED) is 0.706. The van der Waals surface area contributed by atoms with Crippen LogP contribution in [0.4, 0.5) is 0 Å². The van der Waals surface area contributed by atoms with Crippen molar-refractivity contribution in [3.8, 4) is 5.75 Å². The van der Waals surface area contributed by atoms with Gasteiger partial charge in [-0.05, 0) is 39.3 Å². The fourth-order valence-electron chi connectivity index (χ4n) is 0.998. The Hall–Kier alpha value is -0.980. The fraction of sp³-hybridized carbons (Fsp3) is 0.571. The van der Waals surface area contributed by atoms with Crippen LogP contribution in [-0.2, 0) is 0 Å². The lowest BCUT2D eigenvalue weighted by molar-refractivity contribution is 0.105. The molecule has 0 unspecified atom stereocenters. The molecule has 0 saturated heterocycles. The first-order valence-electron chi connectivity index (χ1n) is 5.79. The Morgan fingerprint density at radius 1 is 1.07 bits per heavy atom. The van der Waals surface area contributed by atoms with E-state index in [0.29, 0.717) is 0 Å². The molecule has 0 amide bonds. The third kappa shape index (κ3) is 5.46. The van der Waals surface area contributed by atoms with Gasteiger partial charge >= 0.3 is 0 Å². The molecule has 0 N–H and O–H groups in total. The predicted molar refractivity (Wildman–Crippen MR) is 67.5 cm³/mol. The monoisotopic (exact) mass is 208 g/mol. The van der Waals surface area contributed by atoms with Gasteiger partial charge in [0.15, 0.2) is 0 Å². The van der Waals surface area contributed by atoms with Gasteiger partial charge in [0.05, 0.1) is 0 Å². The van der Waals surface area contributed by atoms with Gasteiger partial charge < -0.3 is 4.74 Å². The molecule has 1 aromatic rings. The van der Waals surface area contributed by atoms with Gasteiger partial charge in [0, 0.05) is 0 Å². The van der Waals surface area contributed by atoms with E-state index in [1.54, 1.807) is 0 Å². The molecule has 0 bridgehead atoms. The van der Waals surface area contributed by atoms with Crippen LogP contribution in [0.1, 0.15) is 46.6 Å². The molecule has 0 aromatic heterocycles. The van der Waals surface area contributed by atoms with Crippen LogP contribution in [0.15, 0.2) is 24.3 Å². The van der Waals surface area contributed by atoms with Gasteiger partial charge in [0.2, 0.25) is 0 Å². The van der Waals surface area contributed by atoms with Crippen LogP contribution in [-0.4, -0.2) is 5.60 Å². The van der Waals surface area contributed by atoms with E-state index in [0.717, 1.165) is 12.2 Å². The molecule has 0 aliphatic carbocycles. The van der Waals surface area contributed by atoms with Crippen LogP contribution in [0, 0.1) is 6.92 Å². The second-order valence-corrected chi connectivity index (χ2v) is 4.03. The molecule has 1 aromatic carbocycles. The van der Waals surface area contributed by atoms with E-state index in [1.807, 2.05) is 26.0 Å². The molecule has 0 spiro atoms. The summed E-state index contributed by atoms with van der Waals surface area (Å²) in [5.41, 5.74) is 1.21. The van der Waals surface area contributed by atoms with E-state index in [1.165, 1.54) is 5.56 Å². The van der Waals surface area contributed by atoms with E-state index in [4.69, 9.17) is 4.74 Å². The Bertz CT molecular complexity index is 259. The summed E-state index contributed by atoms with van der Waals surface area (Å²) in [5, 5.41) is 0. The highest BCUT2D eigenvalue weighted by atomic mass is 16.5. The Balaban J connectivity index is 0.000000921. The molecule has 1 heteroatoms. The number of ether oxygens (including phenoxy) is 1. The standard InChI is InChI=1S/C12H18O.C2H6/c1-5-12(3,4)13-11-8-6-10(2)7-9-11;1-2/h6-9H,5H2,1-4H3;1-2H3. The number of rotatable bonds is 3. The van der Waals surface area contributed by atoms with Gasteiger partial charge in [-0.3, -0.25) is 0 Å². The zero-order valence-electron chi connectivity index (χ0n) is 10.9. The maximum atomic E-state index is 5.81. The van der Waals surface area contributed by atoms with E-state index >= 15 is 0 Å². The average molecular weight is 208 g/mol. The van der Waals surface area contributed by atoms with Crippen molar-refractivity contribution in [2.45, 2.75) is 53.6 Å². The number of aryl methyl sites for hydroxylation is 1. The third-order valence-corrected chi connectivity index (χ3v) is 2.27. The molecular formula is C14H24O. The summed E-state index contributed by atoms with van der Waals surface area (Å²) >= 11 is 0. The largest absolute Gasteiger partial charge is 0.488 e. The van der Waals surface area contributed by atoms with Crippen molar-refractivity contribution < 1.29 is 4.74 Å². The van der Waals surface area contributed by atoms with Gasteiger partial charge in [-0.25, -0.2) is 0 Å². The van der Waals surface area contributed by atoms with Gasteiger partial charge in [-0.2, -0.15) is 0 Å². The first-order valence-corrected chi connectivity index (χ1v) is 5.79. The highest BCUT2D eigenvalue weighted by Crippen LogP contribution is 2.20. The van der Waals surface area contributed by atoms with Gasteiger partial charge in [0.25, 0.3) is 0 Å². The molecule has 0 saturated carbocycles. The minimum absolute atomic E-state index is 0.0603. The van der Waals surface area contributed by atoms with Gasteiger partial charge in [-0.15, -0.1) is 0 Å². The van der Waals surface area contributed by atoms with Crippen molar-refractivity contribution >= 4 is 0 Å². The highest BCUT2D eigenvalue weighted by molar-refractivity contribution is 5.26. The topological polar surface area (TPSA) is 9.23 Å². The molecule has 0 radical (unpaired) electrons. The molecular weight excluding hydrogens is 184 g/mol. The lowest BCUT2D eigenvalue weighted by atomic mass is 10.1. The summed E-state index contributed by atoms with van der Waals surface area (Å²) in [6.07, 6.45) is 1.01. The molecule has 0 heterocycles. The van der Waals surface area contributed by atoms with Crippen LogP contribution in [0.25, 0.3) is 0 Å². The number of benzene rings is 1. The molecule has 0 atom stereocenters. The Kier molecular flexibility index (Phi) is 6.07. The Labute approximate surface area is 94.5 Å². The smallest absolute Gasteiger partial charge is 0.120 e. The van der Waals surface area contributed by atoms with Crippen LogP contribution in [0.3, 0.4) is 0 Å². The summed E-state index contributed by atoms with van der Waals surface area (Å²) in [6, 6.07) is 8.18. The average Bonchev–Trinajstić information content (AvgIpc) is 2.24. The van der Waals surface area contributed by atoms with E-state index in [-0.39, 0.29) is 5.60 Å². The second-order valence-electron chi connectivity index (χ2n) is 4.03. The minimum Gasteiger partial charge on any atom is -0.488 e. The molecule has 86 valence electrons. The number of hydrogen-bond donors (Lipinski definition) is 0. The van der Waals surface area contributed by atoms with E-state index in [9.17, 15) is 0 Å². The molecule has 0 fully saturated rings. The lowest BCUT2D eigenvalue weighted by Crippen LogP contribution is -2.26. The molecule has 1 nitrogen and oxygen atoms in total. The van der Waals surface area contributed by atoms with Crippen molar-refractivity contribution in [1.82, 2.24) is 0 Å². The van der Waals surface area contributed by atoms with Crippen LogP contribution in [0.2, 0.25) is 0 Å². The SMILES string of the molecule is CC.CCC(C)(C)Oc1ccc(C)cc1. The lowest BCUT2D eigenvalue weighted by Gasteiger charge is -2.24. The van der Waals surface area contributed by atoms with Crippen molar-refractivity contribution in [2.24, 2.45) is 0 Å². The first-order chi connectivity index (χ1) is 7.03. The van der Waals surface area contributed by atoms with Crippen molar-refractivity contribution in [1.29, 1.82) is 0 Å². The Morgan fingerprint density at radius 3 is 1.93 bits per heavy atom. The van der Waals surface area contributed by atoms with Crippen molar-refractivity contribution in [3.63, 3.8) is 0 Å². The van der Waals surface area contributed by atoms with E-state index < -0.39 is 0 Å². The zero-order valence-corrected chi connectivity index (χ0v) is 10.9. The molecule has 15 heavy (non-hydrogen) atoms. The van der Waals surface area contributed by atoms with Crippen LogP contribution >= 0.6 is 0 Å². The second kappa shape index (κ2) is 6.49. The predicted octanol–water partition coefficient (Wildman–Crippen LogP) is 4.59. The minimum atomic E-state index is -0.0603. The molecule has 1 rings (SSSR count). The summed E-state index contributed by atoms with van der Waals surface area (Å²) in [4.78, 5) is 0. The van der Waals surface area contributed by atoms with Gasteiger partial charge in [0.1, 0.15) is 11.4 Å². The summed E-state index contributed by atoms with van der Waals surface area (Å²) in [5.74, 6) is 0.956. The van der Waals surface area contributed by atoms with E-state index in [2.05, 4.69) is 39.8 Å². The summed E-state index contributed by atoms with van der Waals surface area (Å²) < 4.78 is 5.81. The summed E-state index contributed by atoms with van der Waals surface area (Å²) in [6.45, 7) is 12.4. The maximum Gasteiger partial charge on any atom is 0.120 e. The maximum absolute atomic E-state index is 5.81. The fourth-order valence-corrected chi connectivity index (χ4v) is 0.998. The van der Waals surface area contributed by atoms with Crippen molar-refractivity contribution in [2.75, 3.05) is 0 Å². The number of hydrogen-bond acceptors (Lipinski definition) is 1. The van der Waals surface area contributed by atoms with Crippen molar-refractivity contribution in [3.05, 3.63) is 29.8 Å². The zero-order chi connectivity index (χ0) is 11.9. The highest BCUT2D eigenvalue weighted by Gasteiger charge is 2.16. The third-order valence-electron chi connectivity index (χ3n) is 2.27. The van der Waals surface area contributed by atoms with Crippen LogP contribution in [0.5, 0.6) is 5.75 Å². The normalized spacial score (nSPS) is 10.3. The first kappa shape index (κ1) is 14.0. The Morgan fingerprint density at radius 2 is 1.53 bits per heavy atom. The van der Waals surface area contributed by atoms with Crippen LogP contribution < -0.4 is 4.74 Å². The summed E-state index contributed by atoms with van der Waals surface area (Å²) in [7, 11) is 0.